The molecule has 5 heteroatoms. The van der Waals surface area contributed by atoms with Crippen molar-refractivity contribution in [2.75, 3.05) is 26.2 Å². The molecule has 0 bridgehead atoms. The molecule has 1 fully saturated rings. The van der Waals surface area contributed by atoms with Crippen molar-refractivity contribution in [3.63, 3.8) is 0 Å². The molecule has 0 N–H and O–H groups in total. The van der Waals surface area contributed by atoms with Crippen LogP contribution < -0.4 is 0 Å². The highest BCUT2D eigenvalue weighted by molar-refractivity contribution is 7.14. The van der Waals surface area contributed by atoms with Crippen LogP contribution >= 0.6 is 22.7 Å². The maximum atomic E-state index is 12.8. The van der Waals surface area contributed by atoms with E-state index in [2.05, 4.69) is 28.5 Å². The molecule has 0 atom stereocenters. The first kappa shape index (κ1) is 15.4. The van der Waals surface area contributed by atoms with E-state index in [1.165, 1.54) is 34.6 Å². The number of aryl methyl sites for hydroxylation is 2. The van der Waals surface area contributed by atoms with Crippen LogP contribution in [0.3, 0.4) is 0 Å². The number of hydrogen-bond donors (Lipinski definition) is 0. The van der Waals surface area contributed by atoms with Crippen LogP contribution in [0.4, 0.5) is 0 Å². The van der Waals surface area contributed by atoms with Gasteiger partial charge in [0.2, 0.25) is 0 Å². The van der Waals surface area contributed by atoms with Gasteiger partial charge in [-0.2, -0.15) is 0 Å². The summed E-state index contributed by atoms with van der Waals surface area (Å²) in [6, 6.07) is 6.47. The van der Waals surface area contributed by atoms with Gasteiger partial charge in [0.15, 0.2) is 0 Å². The van der Waals surface area contributed by atoms with Gasteiger partial charge in [0.1, 0.15) is 0 Å². The van der Waals surface area contributed by atoms with Crippen molar-refractivity contribution in [3.05, 3.63) is 43.8 Å². The Morgan fingerprint density at radius 1 is 1.13 bits per heavy atom. The van der Waals surface area contributed by atoms with Crippen molar-refractivity contribution in [1.29, 1.82) is 0 Å². The number of hydrogen-bond acceptors (Lipinski definition) is 4. The lowest BCUT2D eigenvalue weighted by atomic mass is 9.99. The van der Waals surface area contributed by atoms with Crippen LogP contribution in [0.25, 0.3) is 0 Å². The van der Waals surface area contributed by atoms with Crippen LogP contribution in [0.2, 0.25) is 0 Å². The quantitative estimate of drug-likeness (QED) is 0.847. The molecule has 3 heterocycles. The minimum Gasteiger partial charge on any atom is -0.335 e. The van der Waals surface area contributed by atoms with E-state index in [9.17, 15) is 4.79 Å². The van der Waals surface area contributed by atoms with Crippen molar-refractivity contribution in [1.82, 2.24) is 9.80 Å². The molecule has 0 spiro atoms. The summed E-state index contributed by atoms with van der Waals surface area (Å²) in [5.41, 5.74) is 1.43. The Balaban J connectivity index is 1.36. The zero-order valence-corrected chi connectivity index (χ0v) is 14.9. The van der Waals surface area contributed by atoms with Gasteiger partial charge < -0.3 is 4.90 Å². The predicted molar refractivity (Wildman–Crippen MR) is 96.5 cm³/mol. The molecule has 3 nitrogen and oxygen atoms in total. The van der Waals surface area contributed by atoms with Crippen LogP contribution in [0.1, 0.15) is 37.8 Å². The summed E-state index contributed by atoms with van der Waals surface area (Å²) in [5.74, 6) is 0.250. The fourth-order valence-electron chi connectivity index (χ4n) is 3.48. The number of carbonyl (C=O) groups is 1. The Bertz CT molecular complexity index is 646. The third kappa shape index (κ3) is 3.37. The van der Waals surface area contributed by atoms with E-state index in [4.69, 9.17) is 0 Å². The Morgan fingerprint density at radius 3 is 2.70 bits per heavy atom. The number of nitrogens with zero attached hydrogens (tertiary/aromatic N) is 2. The summed E-state index contributed by atoms with van der Waals surface area (Å²) in [4.78, 5) is 21.1. The molecule has 0 radical (unpaired) electrons. The second-order valence-corrected chi connectivity index (χ2v) is 8.58. The van der Waals surface area contributed by atoms with Gasteiger partial charge >= 0.3 is 0 Å². The lowest BCUT2D eigenvalue weighted by Gasteiger charge is -2.34. The van der Waals surface area contributed by atoms with E-state index in [-0.39, 0.29) is 5.91 Å². The maximum Gasteiger partial charge on any atom is 0.264 e. The molecule has 2 aliphatic rings. The lowest BCUT2D eigenvalue weighted by Crippen LogP contribution is -2.48. The van der Waals surface area contributed by atoms with E-state index in [1.54, 1.807) is 11.3 Å². The highest BCUT2D eigenvalue weighted by Crippen LogP contribution is 2.30. The fourth-order valence-corrected chi connectivity index (χ4v) is 5.45. The molecule has 1 aliphatic heterocycles. The number of rotatable bonds is 3. The summed E-state index contributed by atoms with van der Waals surface area (Å²) < 4.78 is 0. The van der Waals surface area contributed by atoms with Crippen molar-refractivity contribution in [3.8, 4) is 0 Å². The van der Waals surface area contributed by atoms with Crippen molar-refractivity contribution >= 4 is 28.6 Å². The molecule has 2 aromatic heterocycles. The van der Waals surface area contributed by atoms with Crippen LogP contribution in [0.15, 0.2) is 23.6 Å². The largest absolute Gasteiger partial charge is 0.335 e. The van der Waals surface area contributed by atoms with Gasteiger partial charge in [-0.1, -0.05) is 6.07 Å². The molecule has 0 unspecified atom stereocenters. The zero-order chi connectivity index (χ0) is 15.6. The van der Waals surface area contributed by atoms with Gasteiger partial charge in [-0.05, 0) is 48.8 Å². The van der Waals surface area contributed by atoms with Gasteiger partial charge in [-0.3, -0.25) is 9.69 Å². The van der Waals surface area contributed by atoms with Crippen molar-refractivity contribution < 1.29 is 4.79 Å². The minimum atomic E-state index is 0.250. The fraction of sp³-hybridized carbons (Fsp3) is 0.500. The monoisotopic (exact) mass is 346 g/mol. The molecule has 1 saturated heterocycles. The van der Waals surface area contributed by atoms with Crippen LogP contribution in [-0.4, -0.2) is 41.9 Å². The Kier molecular flexibility index (Phi) is 4.51. The number of piperazine rings is 1. The molecule has 0 aromatic carbocycles. The first-order chi connectivity index (χ1) is 11.3. The SMILES string of the molecule is O=C(c1cc2c(s1)CCCC2)N1CCN(Cc2cccs2)CC1. The first-order valence-corrected chi connectivity index (χ1v) is 10.1. The topological polar surface area (TPSA) is 23.6 Å². The molecular weight excluding hydrogens is 324 g/mol. The minimum absolute atomic E-state index is 0.250. The number of thiophene rings is 2. The Hall–Kier alpha value is -1.17. The number of carbonyl (C=O) groups excluding carboxylic acids is 1. The van der Waals surface area contributed by atoms with Gasteiger partial charge in [-0.25, -0.2) is 0 Å². The van der Waals surface area contributed by atoms with Crippen molar-refractivity contribution in [2.45, 2.75) is 32.2 Å². The summed E-state index contributed by atoms with van der Waals surface area (Å²) in [6.07, 6.45) is 4.89. The Morgan fingerprint density at radius 2 is 1.96 bits per heavy atom. The third-order valence-electron chi connectivity index (χ3n) is 4.83. The zero-order valence-electron chi connectivity index (χ0n) is 13.3. The first-order valence-electron chi connectivity index (χ1n) is 8.45. The van der Waals surface area contributed by atoms with E-state index in [0.717, 1.165) is 44.0 Å². The standard InChI is InChI=1S/C18H22N2OS2/c21-18(17-12-14-4-1-2-6-16(14)23-17)20-9-7-19(8-10-20)13-15-5-3-11-22-15/h3,5,11-12H,1-2,4,6-10,13H2. The second kappa shape index (κ2) is 6.75. The number of amides is 1. The Labute approximate surface area is 145 Å². The van der Waals surface area contributed by atoms with Gasteiger partial charge in [0.25, 0.3) is 5.91 Å². The normalized spacial score (nSPS) is 18.9. The molecule has 23 heavy (non-hydrogen) atoms. The summed E-state index contributed by atoms with van der Waals surface area (Å²) in [7, 11) is 0. The van der Waals surface area contributed by atoms with Gasteiger partial charge in [0.05, 0.1) is 4.88 Å². The van der Waals surface area contributed by atoms with Gasteiger partial charge in [-0.15, -0.1) is 22.7 Å². The average molecular weight is 347 g/mol. The highest BCUT2D eigenvalue weighted by Gasteiger charge is 2.25. The molecule has 122 valence electrons. The maximum absolute atomic E-state index is 12.8. The van der Waals surface area contributed by atoms with Crippen LogP contribution in [0.5, 0.6) is 0 Å². The van der Waals surface area contributed by atoms with Gasteiger partial charge in [0, 0.05) is 42.5 Å². The van der Waals surface area contributed by atoms with Crippen LogP contribution in [0, 0.1) is 0 Å². The molecule has 4 rings (SSSR count). The highest BCUT2D eigenvalue weighted by atomic mass is 32.1. The summed E-state index contributed by atoms with van der Waals surface area (Å²) in [6.45, 7) is 4.69. The van der Waals surface area contributed by atoms with E-state index in [0.29, 0.717) is 0 Å². The molecule has 1 amide bonds. The second-order valence-electron chi connectivity index (χ2n) is 6.41. The molecular formula is C18H22N2OS2. The van der Waals surface area contributed by atoms with Crippen LogP contribution in [-0.2, 0) is 19.4 Å². The van der Waals surface area contributed by atoms with E-state index < -0.39 is 0 Å². The van der Waals surface area contributed by atoms with Crippen molar-refractivity contribution in [2.24, 2.45) is 0 Å². The number of fused-ring (bicyclic) bond motifs is 1. The predicted octanol–water partition coefficient (Wildman–Crippen LogP) is 3.65. The lowest BCUT2D eigenvalue weighted by molar-refractivity contribution is 0.0634. The summed E-state index contributed by atoms with van der Waals surface area (Å²) in [5, 5.41) is 2.13. The average Bonchev–Trinajstić information content (AvgIpc) is 3.24. The molecule has 1 aliphatic carbocycles. The van der Waals surface area contributed by atoms with E-state index >= 15 is 0 Å². The smallest absolute Gasteiger partial charge is 0.264 e. The van der Waals surface area contributed by atoms with E-state index in [1.807, 2.05) is 16.2 Å². The molecule has 2 aromatic rings. The summed E-state index contributed by atoms with van der Waals surface area (Å²) >= 11 is 3.55. The molecule has 0 saturated carbocycles. The third-order valence-corrected chi connectivity index (χ3v) is 6.91.